The van der Waals surface area contributed by atoms with Crippen molar-refractivity contribution in [3.8, 4) is 0 Å². The molecule has 0 saturated carbocycles. The number of nitrogens with zero attached hydrogens (tertiary/aromatic N) is 4. The normalized spacial score (nSPS) is 12.9. The van der Waals surface area contributed by atoms with Crippen LogP contribution < -0.4 is 5.32 Å². The van der Waals surface area contributed by atoms with E-state index in [4.69, 9.17) is 0 Å². The maximum atomic E-state index is 13.2. The van der Waals surface area contributed by atoms with Gasteiger partial charge in [-0.15, -0.1) is 5.10 Å². The molecule has 190 valence electrons. The van der Waals surface area contributed by atoms with Crippen LogP contribution in [0.25, 0.3) is 0 Å². The lowest BCUT2D eigenvalue weighted by Crippen LogP contribution is -2.16. The molecule has 0 aliphatic heterocycles. The number of halogens is 1. The van der Waals surface area contributed by atoms with Crippen LogP contribution in [-0.2, 0) is 0 Å². The Morgan fingerprint density at radius 1 is 1.03 bits per heavy atom. The monoisotopic (exact) mass is 498 g/mol. The third-order valence-electron chi connectivity index (χ3n) is 5.34. The van der Waals surface area contributed by atoms with Gasteiger partial charge >= 0.3 is 0 Å². The molecule has 1 atom stereocenters. The Bertz CT molecular complexity index is 985. The number of nitrogens with one attached hydrogen (secondary N) is 2. The summed E-state index contributed by atoms with van der Waals surface area (Å²) in [7, 11) is 0. The van der Waals surface area contributed by atoms with Crippen LogP contribution in [0.1, 0.15) is 78.6 Å². The van der Waals surface area contributed by atoms with E-state index < -0.39 is 0 Å². The summed E-state index contributed by atoms with van der Waals surface area (Å²) in [5.41, 5.74) is 5.64. The fourth-order valence-corrected chi connectivity index (χ4v) is 4.29. The van der Waals surface area contributed by atoms with E-state index in [9.17, 15) is 4.39 Å². The number of aromatic amines is 1. The zero-order valence-corrected chi connectivity index (χ0v) is 22.5. The second-order valence-electron chi connectivity index (χ2n) is 9.14. The van der Waals surface area contributed by atoms with Gasteiger partial charge in [0.05, 0.1) is 12.2 Å². The quantitative estimate of drug-likeness (QED) is 0.197. The lowest BCUT2D eigenvalue weighted by Gasteiger charge is -2.16. The van der Waals surface area contributed by atoms with Crippen molar-refractivity contribution >= 4 is 17.6 Å². The molecule has 0 bridgehead atoms. The minimum atomic E-state index is -0.366. The number of allylic oxidation sites excluding steroid dienone is 7. The van der Waals surface area contributed by atoms with Crippen LogP contribution in [0.4, 0.5) is 10.2 Å². The van der Waals surface area contributed by atoms with E-state index in [1.54, 1.807) is 17.8 Å². The molecule has 2 rings (SSSR count). The molecule has 2 N–H and O–H groups in total. The van der Waals surface area contributed by atoms with Crippen molar-refractivity contribution in [1.29, 1.82) is 0 Å². The first-order valence-corrected chi connectivity index (χ1v) is 13.3. The molecule has 0 fully saturated rings. The highest BCUT2D eigenvalue weighted by molar-refractivity contribution is 7.99. The second-order valence-corrected chi connectivity index (χ2v) is 10.2. The summed E-state index contributed by atoms with van der Waals surface area (Å²) in [4.78, 5) is 4.10. The second kappa shape index (κ2) is 16.0. The van der Waals surface area contributed by atoms with Gasteiger partial charge in [0.25, 0.3) is 0 Å². The molecule has 2 aromatic rings. The predicted octanol–water partition coefficient (Wildman–Crippen LogP) is 7.38. The van der Waals surface area contributed by atoms with Crippen molar-refractivity contribution in [2.24, 2.45) is 0 Å². The highest BCUT2D eigenvalue weighted by Gasteiger charge is 2.16. The van der Waals surface area contributed by atoms with Gasteiger partial charge in [0.2, 0.25) is 0 Å². The minimum Gasteiger partial charge on any atom is -0.359 e. The van der Waals surface area contributed by atoms with Crippen LogP contribution in [0.2, 0.25) is 0 Å². The van der Waals surface area contributed by atoms with Gasteiger partial charge in [0.15, 0.2) is 5.82 Å². The van der Waals surface area contributed by atoms with E-state index in [2.05, 4.69) is 89.8 Å². The van der Waals surface area contributed by atoms with Crippen molar-refractivity contribution in [2.45, 2.75) is 72.8 Å². The van der Waals surface area contributed by atoms with E-state index >= 15 is 0 Å². The molecule has 0 spiro atoms. The number of rotatable bonds is 15. The molecular formula is C27H39FN6S. The summed E-state index contributed by atoms with van der Waals surface area (Å²) in [5.74, 6) is 2.48. The summed E-state index contributed by atoms with van der Waals surface area (Å²) in [6.07, 6.45) is 15.9. The van der Waals surface area contributed by atoms with Gasteiger partial charge in [-0.05, 0) is 89.3 Å². The van der Waals surface area contributed by atoms with Crippen LogP contribution in [0.15, 0.2) is 64.9 Å². The number of tetrazole rings is 1. The summed E-state index contributed by atoms with van der Waals surface area (Å²) < 4.78 is 13.2. The number of pyridine rings is 1. The Morgan fingerprint density at radius 3 is 2.46 bits per heavy atom. The minimum absolute atomic E-state index is 0.158. The maximum absolute atomic E-state index is 13.2. The highest BCUT2D eigenvalue weighted by atomic mass is 32.2. The molecule has 8 heteroatoms. The fraction of sp³-hybridized carbons (Fsp3) is 0.481. The van der Waals surface area contributed by atoms with E-state index in [1.165, 1.54) is 34.6 Å². The first kappa shape index (κ1) is 28.5. The van der Waals surface area contributed by atoms with Gasteiger partial charge in [-0.2, -0.15) is 11.8 Å². The molecule has 0 aromatic carbocycles. The Hall–Kier alpha value is -2.74. The third-order valence-corrected chi connectivity index (χ3v) is 6.31. The standard InChI is InChI=1S/C27H39FN6S/c1-20(2)8-6-9-22(5)10-7-11-23(13-12-21(3)4)16-17-35-19-25(27-31-33-34-32-27)30-26-15-14-24(28)18-29-26/h8,10,12,14-16,18,25H,6-7,9,11,13,17,19H2,1-5H3,(H,29,30)(H,31,32,33,34). The number of hydrogen-bond donors (Lipinski definition) is 2. The van der Waals surface area contributed by atoms with Crippen LogP contribution >= 0.6 is 11.8 Å². The Labute approximate surface area is 213 Å². The van der Waals surface area contributed by atoms with E-state index in [0.717, 1.165) is 43.6 Å². The molecule has 1 unspecified atom stereocenters. The number of hydrogen-bond acceptors (Lipinski definition) is 6. The summed E-state index contributed by atoms with van der Waals surface area (Å²) in [6, 6.07) is 2.84. The van der Waals surface area contributed by atoms with Crippen molar-refractivity contribution in [3.63, 3.8) is 0 Å². The highest BCUT2D eigenvalue weighted by Crippen LogP contribution is 2.22. The number of thioether (sulfide) groups is 1. The average molecular weight is 499 g/mol. The lowest BCUT2D eigenvalue weighted by atomic mass is 10.0. The molecule has 6 nitrogen and oxygen atoms in total. The molecular weight excluding hydrogens is 459 g/mol. The van der Waals surface area contributed by atoms with Crippen LogP contribution in [0.3, 0.4) is 0 Å². The first-order valence-electron chi connectivity index (χ1n) is 12.1. The largest absolute Gasteiger partial charge is 0.359 e. The SMILES string of the molecule is CC(C)=CCCC(C)=CCCC(=CCSCC(Nc1ccc(F)cn1)c1nnn[nH]1)CC=C(C)C. The Balaban J connectivity index is 1.92. The van der Waals surface area contributed by atoms with Gasteiger partial charge in [-0.25, -0.2) is 14.5 Å². The molecule has 0 aliphatic carbocycles. The van der Waals surface area contributed by atoms with Crippen molar-refractivity contribution in [1.82, 2.24) is 25.6 Å². The molecule has 2 heterocycles. The van der Waals surface area contributed by atoms with Crippen molar-refractivity contribution in [2.75, 3.05) is 16.8 Å². The summed E-state index contributed by atoms with van der Waals surface area (Å²) >= 11 is 1.80. The number of anilines is 1. The van der Waals surface area contributed by atoms with Crippen LogP contribution in [0, 0.1) is 5.82 Å². The van der Waals surface area contributed by atoms with Crippen LogP contribution in [0.5, 0.6) is 0 Å². The molecule has 0 aliphatic rings. The van der Waals surface area contributed by atoms with Crippen molar-refractivity contribution < 1.29 is 4.39 Å². The molecule has 0 amide bonds. The van der Waals surface area contributed by atoms with E-state index in [1.807, 2.05) is 0 Å². The summed E-state index contributed by atoms with van der Waals surface area (Å²) in [5, 5.41) is 17.6. The Kier molecular flexibility index (Phi) is 13.0. The van der Waals surface area contributed by atoms with Gasteiger partial charge in [-0.3, -0.25) is 0 Å². The molecule has 0 radical (unpaired) electrons. The first-order chi connectivity index (χ1) is 16.8. The smallest absolute Gasteiger partial charge is 0.171 e. The van der Waals surface area contributed by atoms with Gasteiger partial charge in [0.1, 0.15) is 11.6 Å². The number of aromatic nitrogens is 5. The van der Waals surface area contributed by atoms with Crippen molar-refractivity contribution in [3.05, 3.63) is 76.6 Å². The van der Waals surface area contributed by atoms with Gasteiger partial charge in [-0.1, -0.05) is 46.6 Å². The van der Waals surface area contributed by atoms with E-state index in [-0.39, 0.29) is 11.9 Å². The topological polar surface area (TPSA) is 79.4 Å². The lowest BCUT2D eigenvalue weighted by molar-refractivity contribution is 0.621. The van der Waals surface area contributed by atoms with E-state index in [0.29, 0.717) is 11.6 Å². The Morgan fingerprint density at radius 2 is 1.80 bits per heavy atom. The van der Waals surface area contributed by atoms with Gasteiger partial charge in [0, 0.05) is 11.5 Å². The molecule has 35 heavy (non-hydrogen) atoms. The number of H-pyrrole nitrogens is 1. The fourth-order valence-electron chi connectivity index (χ4n) is 3.32. The average Bonchev–Trinajstić information content (AvgIpc) is 3.35. The predicted molar refractivity (Wildman–Crippen MR) is 146 cm³/mol. The zero-order valence-electron chi connectivity index (χ0n) is 21.6. The maximum Gasteiger partial charge on any atom is 0.171 e. The zero-order chi connectivity index (χ0) is 25.5. The molecule has 0 saturated heterocycles. The van der Waals surface area contributed by atoms with Crippen LogP contribution in [-0.4, -0.2) is 37.1 Å². The van der Waals surface area contributed by atoms with Gasteiger partial charge < -0.3 is 5.32 Å². The summed E-state index contributed by atoms with van der Waals surface area (Å²) in [6.45, 7) is 10.8. The third kappa shape index (κ3) is 12.5. The molecule has 2 aromatic heterocycles.